The summed E-state index contributed by atoms with van der Waals surface area (Å²) in [5.74, 6) is 0. The zero-order valence-electron chi connectivity index (χ0n) is 6.99. The van der Waals surface area contributed by atoms with Gasteiger partial charge in [-0.1, -0.05) is 11.3 Å². The molecule has 0 saturated carbocycles. The third-order valence-corrected chi connectivity index (χ3v) is 3.31. The summed E-state index contributed by atoms with van der Waals surface area (Å²) in [5, 5.41) is 2.21. The Balaban J connectivity index is 2.34. The van der Waals surface area contributed by atoms with Crippen LogP contribution in [-0.4, -0.2) is 16.6 Å². The third-order valence-electron chi connectivity index (χ3n) is 2.24. The summed E-state index contributed by atoms with van der Waals surface area (Å²) >= 11 is 1.63. The highest BCUT2D eigenvalue weighted by Crippen LogP contribution is 2.38. The summed E-state index contributed by atoms with van der Waals surface area (Å²) in [6.45, 7) is 0.841. The van der Waals surface area contributed by atoms with Crippen LogP contribution in [0.1, 0.15) is 12.0 Å². The minimum atomic E-state index is 0.841. The topological polar surface area (TPSA) is 35.0 Å². The van der Waals surface area contributed by atoms with Gasteiger partial charge < -0.3 is 4.74 Å². The van der Waals surface area contributed by atoms with E-state index in [4.69, 9.17) is 4.74 Å². The average Bonchev–Trinajstić information content (AvgIpc) is 2.56. The number of hydrogen-bond donors (Lipinski definition) is 0. The maximum absolute atomic E-state index is 5.56. The van der Waals surface area contributed by atoms with E-state index < -0.39 is 0 Å². The lowest BCUT2D eigenvalue weighted by Crippen LogP contribution is -2.05. The first-order valence-corrected chi connectivity index (χ1v) is 5.11. The van der Waals surface area contributed by atoms with Gasteiger partial charge in [-0.15, -0.1) is 0 Å². The van der Waals surface area contributed by atoms with E-state index in [0.29, 0.717) is 0 Å². The second-order valence-corrected chi connectivity index (χ2v) is 4.02. The lowest BCUT2D eigenvalue weighted by Gasteiger charge is -2.11. The van der Waals surface area contributed by atoms with Crippen LogP contribution in [0, 0.1) is 0 Å². The number of ether oxygens (including phenoxy) is 1. The number of rotatable bonds is 0. The van der Waals surface area contributed by atoms with Crippen molar-refractivity contribution in [1.82, 2.24) is 9.97 Å². The molecular formula is C9H8N2OS. The van der Waals surface area contributed by atoms with Gasteiger partial charge in [-0.05, 0) is 12.8 Å². The van der Waals surface area contributed by atoms with E-state index in [9.17, 15) is 0 Å². The van der Waals surface area contributed by atoms with Crippen LogP contribution in [0.5, 0.6) is 5.06 Å². The molecule has 0 fully saturated rings. The summed E-state index contributed by atoms with van der Waals surface area (Å²) < 4.78 is 5.56. The van der Waals surface area contributed by atoms with E-state index in [-0.39, 0.29) is 0 Å². The molecular weight excluding hydrogens is 184 g/mol. The molecule has 13 heavy (non-hydrogen) atoms. The zero-order valence-corrected chi connectivity index (χ0v) is 7.80. The normalized spacial score (nSPS) is 15.4. The van der Waals surface area contributed by atoms with Crippen molar-refractivity contribution in [2.45, 2.75) is 12.8 Å². The fraction of sp³-hybridized carbons (Fsp3) is 0.333. The van der Waals surface area contributed by atoms with Gasteiger partial charge in [0.05, 0.1) is 6.61 Å². The molecule has 0 amide bonds. The van der Waals surface area contributed by atoms with Crippen molar-refractivity contribution < 1.29 is 4.74 Å². The number of nitrogens with zero attached hydrogens (tertiary/aromatic N) is 2. The summed E-state index contributed by atoms with van der Waals surface area (Å²) in [7, 11) is 0. The molecule has 0 unspecified atom stereocenters. The average molecular weight is 192 g/mol. The minimum absolute atomic E-state index is 0.841. The van der Waals surface area contributed by atoms with Crippen molar-refractivity contribution in [3.05, 3.63) is 18.1 Å². The lowest BCUT2D eigenvalue weighted by atomic mass is 10.1. The van der Waals surface area contributed by atoms with Crippen molar-refractivity contribution in [2.24, 2.45) is 0 Å². The summed E-state index contributed by atoms with van der Waals surface area (Å²) in [5.41, 5.74) is 1.30. The third kappa shape index (κ3) is 1.02. The van der Waals surface area contributed by atoms with Gasteiger partial charge in [0, 0.05) is 17.1 Å². The first kappa shape index (κ1) is 7.26. The molecule has 0 aliphatic carbocycles. The van der Waals surface area contributed by atoms with E-state index in [1.54, 1.807) is 17.7 Å². The maximum Gasteiger partial charge on any atom is 0.179 e. The molecule has 1 aliphatic rings. The Kier molecular flexibility index (Phi) is 1.49. The Morgan fingerprint density at radius 3 is 3.46 bits per heavy atom. The van der Waals surface area contributed by atoms with Crippen LogP contribution < -0.4 is 4.74 Å². The fourth-order valence-corrected chi connectivity index (χ4v) is 2.67. The first-order valence-electron chi connectivity index (χ1n) is 4.29. The van der Waals surface area contributed by atoms with Crippen LogP contribution >= 0.6 is 11.3 Å². The second-order valence-electron chi connectivity index (χ2n) is 3.06. The fourth-order valence-electron chi connectivity index (χ4n) is 1.63. The maximum atomic E-state index is 5.56. The highest BCUT2D eigenvalue weighted by atomic mass is 32.1. The van der Waals surface area contributed by atoms with Crippen LogP contribution in [0.2, 0.25) is 0 Å². The van der Waals surface area contributed by atoms with Crippen LogP contribution in [0.3, 0.4) is 0 Å². The summed E-state index contributed by atoms with van der Waals surface area (Å²) in [4.78, 5) is 9.29. The quantitative estimate of drug-likeness (QED) is 0.640. The Bertz CT molecular complexity index is 452. The van der Waals surface area contributed by atoms with Gasteiger partial charge in [0.15, 0.2) is 5.06 Å². The molecule has 0 atom stereocenters. The van der Waals surface area contributed by atoms with E-state index in [1.807, 2.05) is 6.20 Å². The van der Waals surface area contributed by atoms with Gasteiger partial charge in [0.2, 0.25) is 0 Å². The van der Waals surface area contributed by atoms with Gasteiger partial charge in [-0.25, -0.2) is 9.97 Å². The monoisotopic (exact) mass is 192 g/mol. The lowest BCUT2D eigenvalue weighted by molar-refractivity contribution is 0.299. The molecule has 66 valence electrons. The Morgan fingerprint density at radius 1 is 1.46 bits per heavy atom. The summed E-state index contributed by atoms with van der Waals surface area (Å²) in [6.07, 6.45) is 5.67. The molecule has 2 aromatic rings. The van der Waals surface area contributed by atoms with Crippen molar-refractivity contribution >= 4 is 21.6 Å². The van der Waals surface area contributed by atoms with Crippen molar-refractivity contribution in [3.8, 4) is 5.06 Å². The second kappa shape index (κ2) is 2.67. The van der Waals surface area contributed by atoms with Gasteiger partial charge >= 0.3 is 0 Å². The Morgan fingerprint density at radius 2 is 2.46 bits per heavy atom. The molecule has 2 aromatic heterocycles. The number of hydrogen-bond acceptors (Lipinski definition) is 4. The van der Waals surface area contributed by atoms with E-state index in [1.165, 1.54) is 10.9 Å². The predicted octanol–water partition coefficient (Wildman–Crippen LogP) is 2.02. The molecule has 4 heteroatoms. The number of aryl methyl sites for hydroxylation is 1. The smallest absolute Gasteiger partial charge is 0.179 e. The predicted molar refractivity (Wildman–Crippen MR) is 51.2 cm³/mol. The molecule has 0 aromatic carbocycles. The summed E-state index contributed by atoms with van der Waals surface area (Å²) in [6, 6.07) is 0. The minimum Gasteiger partial charge on any atom is -0.484 e. The van der Waals surface area contributed by atoms with Crippen LogP contribution in [0.4, 0.5) is 0 Å². The molecule has 0 radical (unpaired) electrons. The molecule has 3 nitrogen and oxygen atoms in total. The highest BCUT2D eigenvalue weighted by molar-refractivity contribution is 7.20. The van der Waals surface area contributed by atoms with Gasteiger partial charge in [-0.3, -0.25) is 0 Å². The standard InChI is InChI=1S/C9H8N2OS/c1-2-6-7-4-10-5-11-8(7)13-9(6)12-3-1/h4-5H,1-3H2. The van der Waals surface area contributed by atoms with E-state index in [2.05, 4.69) is 9.97 Å². The zero-order chi connectivity index (χ0) is 8.67. The van der Waals surface area contributed by atoms with Gasteiger partial charge in [0.1, 0.15) is 11.2 Å². The van der Waals surface area contributed by atoms with Crippen LogP contribution in [0.15, 0.2) is 12.5 Å². The van der Waals surface area contributed by atoms with E-state index in [0.717, 1.165) is 29.3 Å². The number of fused-ring (bicyclic) bond motifs is 3. The molecule has 0 bridgehead atoms. The first-order chi connectivity index (χ1) is 6.45. The Labute approximate surface area is 79.4 Å². The molecule has 3 rings (SSSR count). The van der Waals surface area contributed by atoms with Crippen LogP contribution in [-0.2, 0) is 6.42 Å². The van der Waals surface area contributed by atoms with Crippen molar-refractivity contribution in [2.75, 3.05) is 6.61 Å². The largest absolute Gasteiger partial charge is 0.484 e. The van der Waals surface area contributed by atoms with Gasteiger partial charge in [0.25, 0.3) is 0 Å². The number of aromatic nitrogens is 2. The van der Waals surface area contributed by atoms with Gasteiger partial charge in [-0.2, -0.15) is 0 Å². The molecule has 3 heterocycles. The molecule has 0 spiro atoms. The Hall–Kier alpha value is -1.16. The van der Waals surface area contributed by atoms with Crippen LogP contribution in [0.25, 0.3) is 10.2 Å². The molecule has 0 saturated heterocycles. The highest BCUT2D eigenvalue weighted by Gasteiger charge is 2.17. The molecule has 0 N–H and O–H groups in total. The van der Waals surface area contributed by atoms with Crippen molar-refractivity contribution in [3.63, 3.8) is 0 Å². The van der Waals surface area contributed by atoms with Crippen molar-refractivity contribution in [1.29, 1.82) is 0 Å². The number of thiophene rings is 1. The van der Waals surface area contributed by atoms with E-state index >= 15 is 0 Å². The molecule has 1 aliphatic heterocycles. The SMILES string of the molecule is c1ncc2c3c(sc2n1)OCCC3.